The second-order valence-electron chi connectivity index (χ2n) is 15.3. The standard InChI is InChI=1S/C54H32N2O3/c1-2-13-34(14-3-1)56-46-21-8-4-15-38(46)44-20-12-19-37(53(44)56)33-29-45-41-18-7-11-24-50(41)59-54(45)47(30-33)55(35-25-27-42-39-16-5-9-22-48(39)57-51(42)31-35)36-26-28-43-40-17-6-10-23-49(40)58-52(43)32-36/h1-32H. The van der Waals surface area contributed by atoms with Gasteiger partial charge in [-0.25, -0.2) is 0 Å². The van der Waals surface area contributed by atoms with Crippen LogP contribution in [0.2, 0.25) is 0 Å². The van der Waals surface area contributed by atoms with Crippen molar-refractivity contribution < 1.29 is 13.3 Å². The molecule has 9 aromatic carbocycles. The van der Waals surface area contributed by atoms with E-state index >= 15 is 0 Å². The normalized spacial score (nSPS) is 12.1. The van der Waals surface area contributed by atoms with Crippen LogP contribution < -0.4 is 4.90 Å². The molecule has 0 saturated heterocycles. The Kier molecular flexibility index (Phi) is 6.66. The number of aromatic nitrogens is 1. The molecule has 0 unspecified atom stereocenters. The third kappa shape index (κ3) is 4.73. The van der Waals surface area contributed by atoms with E-state index in [2.05, 4.69) is 173 Å². The highest BCUT2D eigenvalue weighted by Crippen LogP contribution is 2.48. The van der Waals surface area contributed by atoms with Gasteiger partial charge in [0.25, 0.3) is 0 Å². The number of fused-ring (bicyclic) bond motifs is 12. The van der Waals surface area contributed by atoms with Gasteiger partial charge >= 0.3 is 0 Å². The second kappa shape index (κ2) is 12.2. The fourth-order valence-corrected chi connectivity index (χ4v) is 9.36. The number of anilines is 3. The van der Waals surface area contributed by atoms with Crippen molar-refractivity contribution in [1.82, 2.24) is 4.57 Å². The van der Waals surface area contributed by atoms with Crippen molar-refractivity contribution in [2.24, 2.45) is 0 Å². The van der Waals surface area contributed by atoms with Crippen molar-refractivity contribution in [2.75, 3.05) is 4.90 Å². The molecule has 4 heterocycles. The number of hydrogen-bond donors (Lipinski definition) is 0. The van der Waals surface area contributed by atoms with E-state index in [1.54, 1.807) is 0 Å². The fourth-order valence-electron chi connectivity index (χ4n) is 9.36. The van der Waals surface area contributed by atoms with Crippen molar-refractivity contribution in [3.63, 3.8) is 0 Å². The maximum atomic E-state index is 6.90. The largest absolute Gasteiger partial charge is 0.456 e. The first-order chi connectivity index (χ1) is 29.2. The monoisotopic (exact) mass is 756 g/mol. The van der Waals surface area contributed by atoms with Crippen LogP contribution in [0.25, 0.3) is 104 Å². The van der Waals surface area contributed by atoms with E-state index < -0.39 is 0 Å². The van der Waals surface area contributed by atoms with Gasteiger partial charge in [-0.3, -0.25) is 0 Å². The van der Waals surface area contributed by atoms with E-state index in [-0.39, 0.29) is 0 Å². The van der Waals surface area contributed by atoms with Crippen molar-refractivity contribution >= 4 is 105 Å². The zero-order valence-corrected chi connectivity index (χ0v) is 31.6. The molecule has 0 aliphatic heterocycles. The van der Waals surface area contributed by atoms with Crippen molar-refractivity contribution in [3.05, 3.63) is 194 Å². The van der Waals surface area contributed by atoms with E-state index in [1.807, 2.05) is 30.3 Å². The van der Waals surface area contributed by atoms with Crippen LogP contribution in [-0.4, -0.2) is 4.57 Å². The molecule has 0 N–H and O–H groups in total. The molecule has 0 aliphatic carbocycles. The molecule has 0 saturated carbocycles. The van der Waals surface area contributed by atoms with E-state index in [0.717, 1.165) is 111 Å². The molecule has 0 spiro atoms. The van der Waals surface area contributed by atoms with Crippen LogP contribution >= 0.6 is 0 Å². The molecule has 0 aliphatic rings. The number of para-hydroxylation sites is 6. The van der Waals surface area contributed by atoms with Crippen LogP contribution in [-0.2, 0) is 0 Å². The Hall–Kier alpha value is -8.02. The lowest BCUT2D eigenvalue weighted by atomic mass is 9.98. The smallest absolute Gasteiger partial charge is 0.159 e. The van der Waals surface area contributed by atoms with Crippen molar-refractivity contribution in [1.29, 1.82) is 0 Å². The number of benzene rings is 9. The molecule has 0 fully saturated rings. The van der Waals surface area contributed by atoms with E-state index in [9.17, 15) is 0 Å². The summed E-state index contributed by atoms with van der Waals surface area (Å²) in [5.41, 5.74) is 13.4. The van der Waals surface area contributed by atoms with Gasteiger partial charge in [-0.1, -0.05) is 109 Å². The Morgan fingerprint density at radius 3 is 1.54 bits per heavy atom. The predicted octanol–water partition coefficient (Wildman–Crippen LogP) is 15.6. The lowest BCUT2D eigenvalue weighted by Crippen LogP contribution is -2.10. The molecular formula is C54H32N2O3. The van der Waals surface area contributed by atoms with Gasteiger partial charge < -0.3 is 22.7 Å². The summed E-state index contributed by atoms with van der Waals surface area (Å²) in [5.74, 6) is 0. The van der Waals surface area contributed by atoms with Gasteiger partial charge in [-0.15, -0.1) is 0 Å². The van der Waals surface area contributed by atoms with Crippen molar-refractivity contribution in [2.45, 2.75) is 0 Å². The van der Waals surface area contributed by atoms with Crippen LogP contribution in [0.4, 0.5) is 17.1 Å². The van der Waals surface area contributed by atoms with Gasteiger partial charge in [0.1, 0.15) is 27.9 Å². The molecule has 0 radical (unpaired) electrons. The summed E-state index contributed by atoms with van der Waals surface area (Å²) < 4.78 is 22.3. The molecule has 0 bridgehead atoms. The molecule has 5 heteroatoms. The number of furan rings is 3. The highest BCUT2D eigenvalue weighted by Gasteiger charge is 2.25. The Morgan fingerprint density at radius 2 is 0.881 bits per heavy atom. The Morgan fingerprint density at radius 1 is 0.356 bits per heavy atom. The zero-order chi connectivity index (χ0) is 38.6. The summed E-state index contributed by atoms with van der Waals surface area (Å²) in [4.78, 5) is 2.29. The summed E-state index contributed by atoms with van der Waals surface area (Å²) in [6.07, 6.45) is 0. The molecule has 276 valence electrons. The SMILES string of the molecule is c1ccc(-n2c3ccccc3c3cccc(-c4cc(N(c5ccc6c(c5)oc5ccccc56)c5ccc6c(c5)oc5ccccc56)c5oc6ccccc6c5c4)c32)cc1. The van der Waals surface area contributed by atoms with Crippen LogP contribution in [0, 0.1) is 0 Å². The molecular weight excluding hydrogens is 725 g/mol. The number of rotatable bonds is 5. The van der Waals surface area contributed by atoms with Crippen molar-refractivity contribution in [3.8, 4) is 16.8 Å². The Bertz CT molecular complexity index is 3690. The van der Waals surface area contributed by atoms with E-state index in [0.29, 0.717) is 0 Å². The molecule has 59 heavy (non-hydrogen) atoms. The summed E-state index contributed by atoms with van der Waals surface area (Å²) >= 11 is 0. The lowest BCUT2D eigenvalue weighted by molar-refractivity contribution is 0.667. The van der Waals surface area contributed by atoms with Gasteiger partial charge in [-0.2, -0.15) is 0 Å². The highest BCUT2D eigenvalue weighted by molar-refractivity contribution is 6.17. The zero-order valence-electron chi connectivity index (χ0n) is 31.6. The Labute approximate surface area is 337 Å². The maximum Gasteiger partial charge on any atom is 0.159 e. The number of nitrogens with zero attached hydrogens (tertiary/aromatic N) is 2. The lowest BCUT2D eigenvalue weighted by Gasteiger charge is -2.26. The van der Waals surface area contributed by atoms with Gasteiger partial charge in [-0.05, 0) is 78.4 Å². The first-order valence-corrected chi connectivity index (χ1v) is 19.9. The van der Waals surface area contributed by atoms with Gasteiger partial charge in [0, 0.05) is 66.5 Å². The minimum Gasteiger partial charge on any atom is -0.456 e. The average Bonchev–Trinajstić information content (AvgIpc) is 4.05. The molecule has 0 amide bonds. The average molecular weight is 757 g/mol. The first kappa shape index (κ1) is 32.1. The third-order valence-electron chi connectivity index (χ3n) is 12.0. The third-order valence-corrected chi connectivity index (χ3v) is 12.0. The second-order valence-corrected chi connectivity index (χ2v) is 15.3. The molecule has 13 aromatic rings. The summed E-state index contributed by atoms with van der Waals surface area (Å²) in [6, 6.07) is 68.4. The molecule has 4 aromatic heterocycles. The number of hydrogen-bond acceptors (Lipinski definition) is 4. The first-order valence-electron chi connectivity index (χ1n) is 19.9. The van der Waals surface area contributed by atoms with E-state index in [4.69, 9.17) is 13.3 Å². The minimum atomic E-state index is 0.792. The van der Waals surface area contributed by atoms with Crippen LogP contribution in [0.1, 0.15) is 0 Å². The van der Waals surface area contributed by atoms with Gasteiger partial charge in [0.15, 0.2) is 5.58 Å². The van der Waals surface area contributed by atoms with Gasteiger partial charge in [0.2, 0.25) is 0 Å². The molecule has 5 nitrogen and oxygen atoms in total. The fraction of sp³-hybridized carbons (Fsp3) is 0. The summed E-state index contributed by atoms with van der Waals surface area (Å²) in [7, 11) is 0. The Balaban J connectivity index is 1.14. The van der Waals surface area contributed by atoms with Crippen LogP contribution in [0.5, 0.6) is 0 Å². The topological polar surface area (TPSA) is 47.6 Å². The molecule has 13 rings (SSSR count). The van der Waals surface area contributed by atoms with Gasteiger partial charge in [0.05, 0.1) is 28.1 Å². The maximum absolute atomic E-state index is 6.90. The highest BCUT2D eigenvalue weighted by atomic mass is 16.3. The van der Waals surface area contributed by atoms with Crippen LogP contribution in [0.3, 0.4) is 0 Å². The summed E-state index contributed by atoms with van der Waals surface area (Å²) in [6.45, 7) is 0. The quantitative estimate of drug-likeness (QED) is 0.175. The predicted molar refractivity (Wildman–Crippen MR) is 243 cm³/mol. The van der Waals surface area contributed by atoms with E-state index in [1.165, 1.54) is 10.8 Å². The minimum absolute atomic E-state index is 0.792. The molecule has 0 atom stereocenters. The summed E-state index contributed by atoms with van der Waals surface area (Å²) in [5, 5.41) is 8.82. The van der Waals surface area contributed by atoms with Crippen LogP contribution in [0.15, 0.2) is 207 Å².